The second-order valence-electron chi connectivity index (χ2n) is 4.44. The first-order valence-electron chi connectivity index (χ1n) is 6.22. The van der Waals surface area contributed by atoms with Crippen LogP contribution in [0.1, 0.15) is 16.7 Å². The van der Waals surface area contributed by atoms with Gasteiger partial charge in [-0.2, -0.15) is 0 Å². The van der Waals surface area contributed by atoms with Gasteiger partial charge in [0, 0.05) is 5.57 Å². The van der Waals surface area contributed by atoms with E-state index in [1.54, 1.807) is 7.11 Å². The topological polar surface area (TPSA) is 26.3 Å². The van der Waals surface area contributed by atoms with Crippen molar-refractivity contribution in [1.29, 1.82) is 0 Å². The Kier molecular flexibility index (Phi) is 4.59. The molecule has 0 heterocycles. The Morgan fingerprint density at radius 3 is 2.05 bits per heavy atom. The molecule has 0 bridgehead atoms. The van der Waals surface area contributed by atoms with E-state index in [0.29, 0.717) is 10.6 Å². The second kappa shape index (κ2) is 6.40. The molecule has 2 aromatic rings. The number of aldehydes is 1. The van der Waals surface area contributed by atoms with Crippen LogP contribution in [0.3, 0.4) is 0 Å². The van der Waals surface area contributed by atoms with Gasteiger partial charge in [0.1, 0.15) is 5.75 Å². The summed E-state index contributed by atoms with van der Waals surface area (Å²) < 4.78 is 5.10. The van der Waals surface area contributed by atoms with Gasteiger partial charge in [0.25, 0.3) is 0 Å². The fourth-order valence-corrected chi connectivity index (χ4v) is 2.15. The number of carbonyl (C=O) groups is 1. The molecule has 102 valence electrons. The van der Waals surface area contributed by atoms with Crippen molar-refractivity contribution in [3.63, 3.8) is 0 Å². The first-order chi connectivity index (χ1) is 9.65. The Hall–Kier alpha value is -2.06. The van der Waals surface area contributed by atoms with Crippen LogP contribution in [0.25, 0.3) is 10.6 Å². The van der Waals surface area contributed by atoms with Gasteiger partial charge in [-0.1, -0.05) is 41.4 Å². The molecule has 0 spiro atoms. The molecule has 0 unspecified atom stereocenters. The summed E-state index contributed by atoms with van der Waals surface area (Å²) in [6.07, 6.45) is 0.789. The van der Waals surface area contributed by atoms with Gasteiger partial charge in [-0.3, -0.25) is 4.79 Å². The Morgan fingerprint density at radius 1 is 1.00 bits per heavy atom. The van der Waals surface area contributed by atoms with E-state index in [9.17, 15) is 4.79 Å². The van der Waals surface area contributed by atoms with Gasteiger partial charge in [-0.25, -0.2) is 0 Å². The molecule has 0 N–H and O–H groups in total. The molecule has 0 amide bonds. The van der Waals surface area contributed by atoms with Gasteiger partial charge in [-0.05, 0) is 42.3 Å². The molecule has 0 aliphatic rings. The summed E-state index contributed by atoms with van der Waals surface area (Å²) in [6.45, 7) is 2.00. The molecule has 0 saturated heterocycles. The number of halogens is 1. The molecule has 0 atom stereocenters. The molecular formula is C17H15ClO2. The maximum atomic E-state index is 11.4. The normalized spacial score (nSPS) is 11.8. The summed E-state index contributed by atoms with van der Waals surface area (Å²) in [4.78, 5) is 11.4. The molecule has 20 heavy (non-hydrogen) atoms. The van der Waals surface area contributed by atoms with Gasteiger partial charge in [0.05, 0.1) is 12.1 Å². The third-order valence-electron chi connectivity index (χ3n) is 3.06. The van der Waals surface area contributed by atoms with Gasteiger partial charge in [0.2, 0.25) is 0 Å². The lowest BCUT2D eigenvalue weighted by Gasteiger charge is -2.07. The van der Waals surface area contributed by atoms with E-state index in [1.807, 2.05) is 55.5 Å². The van der Waals surface area contributed by atoms with Crippen molar-refractivity contribution in [3.05, 3.63) is 65.2 Å². The highest BCUT2D eigenvalue weighted by Crippen LogP contribution is 2.29. The average molecular weight is 287 g/mol. The van der Waals surface area contributed by atoms with E-state index >= 15 is 0 Å². The van der Waals surface area contributed by atoms with Gasteiger partial charge >= 0.3 is 0 Å². The predicted molar refractivity (Wildman–Crippen MR) is 82.9 cm³/mol. The van der Waals surface area contributed by atoms with E-state index in [0.717, 1.165) is 28.7 Å². The van der Waals surface area contributed by atoms with Crippen LogP contribution >= 0.6 is 11.6 Å². The lowest BCUT2D eigenvalue weighted by molar-refractivity contribution is -0.103. The molecule has 0 aliphatic heterocycles. The zero-order chi connectivity index (χ0) is 14.5. The Bertz CT molecular complexity index is 625. The van der Waals surface area contributed by atoms with Crippen LogP contribution in [0.4, 0.5) is 0 Å². The smallest absolute Gasteiger partial charge is 0.152 e. The van der Waals surface area contributed by atoms with Crippen LogP contribution in [-0.4, -0.2) is 13.4 Å². The van der Waals surface area contributed by atoms with Gasteiger partial charge in [0.15, 0.2) is 6.29 Å². The number of ether oxygens (including phenoxy) is 1. The zero-order valence-corrected chi connectivity index (χ0v) is 12.1. The summed E-state index contributed by atoms with van der Waals surface area (Å²) in [7, 11) is 1.61. The fraction of sp³-hybridized carbons (Fsp3) is 0.118. The minimum Gasteiger partial charge on any atom is -0.497 e. The second-order valence-corrected chi connectivity index (χ2v) is 4.82. The standard InChI is InChI=1S/C17H15ClO2/c1-12-3-5-13(6-4-12)16(11-19)17(18)14-7-9-15(20-2)10-8-14/h3-11H,1-2H3/b17-16+. The maximum absolute atomic E-state index is 11.4. The molecule has 0 aliphatic carbocycles. The molecule has 0 saturated carbocycles. The molecule has 0 aromatic heterocycles. The number of hydrogen-bond donors (Lipinski definition) is 0. The largest absolute Gasteiger partial charge is 0.497 e. The number of aryl methyl sites for hydroxylation is 1. The Morgan fingerprint density at radius 2 is 1.55 bits per heavy atom. The Balaban J connectivity index is 2.45. The van der Waals surface area contributed by atoms with E-state index in [1.165, 1.54) is 0 Å². The molecule has 0 fully saturated rings. The number of methoxy groups -OCH3 is 1. The van der Waals surface area contributed by atoms with Crippen LogP contribution in [0.2, 0.25) is 0 Å². The van der Waals surface area contributed by atoms with E-state index in [-0.39, 0.29) is 0 Å². The number of allylic oxidation sites excluding steroid dienone is 1. The molecule has 2 nitrogen and oxygen atoms in total. The number of hydrogen-bond acceptors (Lipinski definition) is 2. The number of carbonyl (C=O) groups excluding carboxylic acids is 1. The summed E-state index contributed by atoms with van der Waals surface area (Å²) in [5.41, 5.74) is 3.22. The lowest BCUT2D eigenvalue weighted by atomic mass is 10.0. The highest BCUT2D eigenvalue weighted by molar-refractivity contribution is 6.55. The van der Waals surface area contributed by atoms with Crippen molar-refractivity contribution in [2.75, 3.05) is 7.11 Å². The summed E-state index contributed by atoms with van der Waals surface area (Å²) in [6, 6.07) is 15.0. The third-order valence-corrected chi connectivity index (χ3v) is 3.48. The maximum Gasteiger partial charge on any atom is 0.152 e. The molecule has 2 rings (SSSR count). The summed E-state index contributed by atoms with van der Waals surface area (Å²) >= 11 is 6.35. The van der Waals surface area contributed by atoms with E-state index in [2.05, 4.69) is 0 Å². The van der Waals surface area contributed by atoms with Crippen molar-refractivity contribution in [3.8, 4) is 5.75 Å². The highest BCUT2D eigenvalue weighted by atomic mass is 35.5. The van der Waals surface area contributed by atoms with Crippen LogP contribution in [0.5, 0.6) is 5.75 Å². The minimum atomic E-state index is 0.437. The minimum absolute atomic E-state index is 0.437. The Labute approximate surface area is 123 Å². The predicted octanol–water partition coefficient (Wildman–Crippen LogP) is 4.31. The van der Waals surface area contributed by atoms with Crippen LogP contribution in [0.15, 0.2) is 48.5 Å². The molecule has 3 heteroatoms. The van der Waals surface area contributed by atoms with E-state index < -0.39 is 0 Å². The van der Waals surface area contributed by atoms with Crippen molar-refractivity contribution < 1.29 is 9.53 Å². The first kappa shape index (κ1) is 14.4. The number of benzene rings is 2. The van der Waals surface area contributed by atoms with Crippen LogP contribution < -0.4 is 4.74 Å². The van der Waals surface area contributed by atoms with Crippen LogP contribution in [0, 0.1) is 6.92 Å². The van der Waals surface area contributed by atoms with Crippen molar-refractivity contribution in [1.82, 2.24) is 0 Å². The monoisotopic (exact) mass is 286 g/mol. The average Bonchev–Trinajstić information content (AvgIpc) is 2.50. The van der Waals surface area contributed by atoms with Crippen LogP contribution in [-0.2, 0) is 4.79 Å². The zero-order valence-electron chi connectivity index (χ0n) is 11.4. The molecule has 2 aromatic carbocycles. The third kappa shape index (κ3) is 3.09. The first-order valence-corrected chi connectivity index (χ1v) is 6.60. The molecular weight excluding hydrogens is 272 g/mol. The summed E-state index contributed by atoms with van der Waals surface area (Å²) in [5.74, 6) is 0.751. The van der Waals surface area contributed by atoms with Crippen molar-refractivity contribution in [2.45, 2.75) is 6.92 Å². The number of rotatable bonds is 4. The summed E-state index contributed by atoms with van der Waals surface area (Å²) in [5, 5.41) is 0.437. The fourth-order valence-electron chi connectivity index (χ4n) is 1.87. The SMILES string of the molecule is COc1ccc(/C(Cl)=C(/C=O)c2ccc(C)cc2)cc1. The molecule has 0 radical (unpaired) electrons. The quantitative estimate of drug-likeness (QED) is 0.476. The highest BCUT2D eigenvalue weighted by Gasteiger charge is 2.09. The lowest BCUT2D eigenvalue weighted by Crippen LogP contribution is -1.90. The van der Waals surface area contributed by atoms with Crippen molar-refractivity contribution >= 4 is 28.5 Å². The van der Waals surface area contributed by atoms with Gasteiger partial charge in [-0.15, -0.1) is 0 Å². The van der Waals surface area contributed by atoms with E-state index in [4.69, 9.17) is 16.3 Å². The van der Waals surface area contributed by atoms with Gasteiger partial charge < -0.3 is 4.74 Å². The van der Waals surface area contributed by atoms with Crippen molar-refractivity contribution in [2.24, 2.45) is 0 Å².